The minimum absolute atomic E-state index is 0.705. The van der Waals surface area contributed by atoms with Gasteiger partial charge < -0.3 is 9.47 Å². The van der Waals surface area contributed by atoms with Gasteiger partial charge in [0, 0.05) is 0 Å². The summed E-state index contributed by atoms with van der Waals surface area (Å²) in [5, 5.41) is 0. The van der Waals surface area contributed by atoms with Crippen LogP contribution in [0.4, 0.5) is 0 Å². The van der Waals surface area contributed by atoms with E-state index < -0.39 is 0 Å². The van der Waals surface area contributed by atoms with Gasteiger partial charge in [0.05, 0.1) is 13.7 Å². The molecule has 0 aliphatic carbocycles. The Balaban J connectivity index is 2.12. The maximum atomic E-state index is 5.45. The Morgan fingerprint density at radius 3 is 2.21 bits per heavy atom. The largest absolute Gasteiger partial charge is 0.497 e. The van der Waals surface area contributed by atoms with Crippen LogP contribution in [0.5, 0.6) is 11.5 Å². The standard InChI is InChI=1S/C17H20O2/c1-4-19-16-8-5-14(6-9-16)12-15-7-10-17(18-3)11-13(15)2/h5-11H,4,12H2,1-3H3. The predicted octanol–water partition coefficient (Wildman–Crippen LogP) is 3.99. The first-order chi connectivity index (χ1) is 9.22. The topological polar surface area (TPSA) is 18.5 Å². The molecule has 0 fully saturated rings. The molecule has 0 spiro atoms. The van der Waals surface area contributed by atoms with E-state index in [9.17, 15) is 0 Å². The van der Waals surface area contributed by atoms with Crippen molar-refractivity contribution in [2.24, 2.45) is 0 Å². The molecule has 2 aromatic carbocycles. The number of methoxy groups -OCH3 is 1. The molecule has 0 aliphatic heterocycles. The fourth-order valence-corrected chi connectivity index (χ4v) is 2.08. The average Bonchev–Trinajstić information content (AvgIpc) is 2.43. The number of ether oxygens (including phenoxy) is 2. The van der Waals surface area contributed by atoms with Crippen LogP contribution in [-0.2, 0) is 6.42 Å². The average molecular weight is 256 g/mol. The lowest BCUT2D eigenvalue weighted by atomic mass is 10.0. The number of hydrogen-bond acceptors (Lipinski definition) is 2. The Hall–Kier alpha value is -1.96. The molecule has 2 heteroatoms. The van der Waals surface area contributed by atoms with E-state index in [0.29, 0.717) is 6.61 Å². The van der Waals surface area contributed by atoms with Crippen LogP contribution < -0.4 is 9.47 Å². The van der Waals surface area contributed by atoms with Crippen LogP contribution in [0.25, 0.3) is 0 Å². The molecule has 0 aliphatic rings. The van der Waals surface area contributed by atoms with Crippen LogP contribution in [0.15, 0.2) is 42.5 Å². The van der Waals surface area contributed by atoms with Crippen molar-refractivity contribution in [3.8, 4) is 11.5 Å². The van der Waals surface area contributed by atoms with Crippen LogP contribution in [0.1, 0.15) is 23.6 Å². The van der Waals surface area contributed by atoms with Crippen LogP contribution in [-0.4, -0.2) is 13.7 Å². The Morgan fingerprint density at radius 2 is 1.63 bits per heavy atom. The van der Waals surface area contributed by atoms with E-state index in [1.807, 2.05) is 25.1 Å². The van der Waals surface area contributed by atoms with Gasteiger partial charge in [0.25, 0.3) is 0 Å². The van der Waals surface area contributed by atoms with Crippen molar-refractivity contribution in [3.63, 3.8) is 0 Å². The quantitative estimate of drug-likeness (QED) is 0.805. The van der Waals surface area contributed by atoms with E-state index in [-0.39, 0.29) is 0 Å². The zero-order valence-electron chi connectivity index (χ0n) is 11.8. The monoisotopic (exact) mass is 256 g/mol. The summed E-state index contributed by atoms with van der Waals surface area (Å²) in [5.41, 5.74) is 3.87. The van der Waals surface area contributed by atoms with Gasteiger partial charge in [-0.2, -0.15) is 0 Å². The lowest BCUT2D eigenvalue weighted by molar-refractivity contribution is 0.340. The first-order valence-corrected chi connectivity index (χ1v) is 6.58. The Labute approximate surface area is 115 Å². The lowest BCUT2D eigenvalue weighted by Crippen LogP contribution is -1.94. The van der Waals surface area contributed by atoms with Crippen molar-refractivity contribution in [1.82, 2.24) is 0 Å². The summed E-state index contributed by atoms with van der Waals surface area (Å²) in [4.78, 5) is 0. The third-order valence-corrected chi connectivity index (χ3v) is 3.18. The second-order valence-electron chi connectivity index (χ2n) is 4.55. The molecule has 0 atom stereocenters. The Bertz CT molecular complexity index is 529. The molecule has 2 rings (SSSR count). The van der Waals surface area contributed by atoms with Crippen molar-refractivity contribution in [3.05, 3.63) is 59.2 Å². The molecule has 0 unspecified atom stereocenters. The molecule has 0 saturated carbocycles. The molecular formula is C17H20O2. The first kappa shape index (κ1) is 13.5. The van der Waals surface area contributed by atoms with E-state index in [0.717, 1.165) is 17.9 Å². The highest BCUT2D eigenvalue weighted by Gasteiger charge is 2.02. The summed E-state index contributed by atoms with van der Waals surface area (Å²) in [6.45, 7) is 4.82. The fourth-order valence-electron chi connectivity index (χ4n) is 2.08. The van der Waals surface area contributed by atoms with Gasteiger partial charge in [0.1, 0.15) is 11.5 Å². The number of benzene rings is 2. The van der Waals surface area contributed by atoms with Gasteiger partial charge in [-0.1, -0.05) is 18.2 Å². The zero-order valence-corrected chi connectivity index (χ0v) is 11.8. The van der Waals surface area contributed by atoms with E-state index >= 15 is 0 Å². The van der Waals surface area contributed by atoms with Crippen LogP contribution in [0, 0.1) is 6.92 Å². The maximum Gasteiger partial charge on any atom is 0.119 e. The van der Waals surface area contributed by atoms with Gasteiger partial charge in [-0.05, 0) is 61.2 Å². The third kappa shape index (κ3) is 3.50. The van der Waals surface area contributed by atoms with Gasteiger partial charge in [-0.25, -0.2) is 0 Å². The van der Waals surface area contributed by atoms with Gasteiger partial charge in [0.15, 0.2) is 0 Å². The molecule has 100 valence electrons. The molecule has 0 aromatic heterocycles. The lowest BCUT2D eigenvalue weighted by Gasteiger charge is -2.09. The molecule has 0 saturated heterocycles. The van der Waals surface area contributed by atoms with E-state index in [4.69, 9.17) is 9.47 Å². The van der Waals surface area contributed by atoms with Crippen molar-refractivity contribution in [2.75, 3.05) is 13.7 Å². The van der Waals surface area contributed by atoms with E-state index in [1.54, 1.807) is 7.11 Å². The van der Waals surface area contributed by atoms with Gasteiger partial charge in [0.2, 0.25) is 0 Å². The van der Waals surface area contributed by atoms with E-state index in [1.165, 1.54) is 16.7 Å². The first-order valence-electron chi connectivity index (χ1n) is 6.58. The fraction of sp³-hybridized carbons (Fsp3) is 0.294. The maximum absolute atomic E-state index is 5.45. The summed E-state index contributed by atoms with van der Waals surface area (Å²) in [6, 6.07) is 14.5. The van der Waals surface area contributed by atoms with Crippen molar-refractivity contribution < 1.29 is 9.47 Å². The Morgan fingerprint density at radius 1 is 0.947 bits per heavy atom. The van der Waals surface area contributed by atoms with Crippen LogP contribution in [0.3, 0.4) is 0 Å². The summed E-state index contributed by atoms with van der Waals surface area (Å²) in [6.07, 6.45) is 0.933. The highest BCUT2D eigenvalue weighted by Crippen LogP contribution is 2.21. The van der Waals surface area contributed by atoms with Gasteiger partial charge >= 0.3 is 0 Å². The number of hydrogen-bond donors (Lipinski definition) is 0. The second-order valence-corrected chi connectivity index (χ2v) is 4.55. The minimum Gasteiger partial charge on any atom is -0.497 e. The molecule has 2 aromatic rings. The molecule has 19 heavy (non-hydrogen) atoms. The highest BCUT2D eigenvalue weighted by atomic mass is 16.5. The van der Waals surface area contributed by atoms with Crippen molar-refractivity contribution in [1.29, 1.82) is 0 Å². The third-order valence-electron chi connectivity index (χ3n) is 3.18. The van der Waals surface area contributed by atoms with E-state index in [2.05, 4.69) is 31.2 Å². The van der Waals surface area contributed by atoms with Gasteiger partial charge in [-0.15, -0.1) is 0 Å². The summed E-state index contributed by atoms with van der Waals surface area (Å²) >= 11 is 0. The predicted molar refractivity (Wildman–Crippen MR) is 78.1 cm³/mol. The Kier molecular flexibility index (Phi) is 4.45. The van der Waals surface area contributed by atoms with Crippen LogP contribution in [0.2, 0.25) is 0 Å². The van der Waals surface area contributed by atoms with Crippen molar-refractivity contribution >= 4 is 0 Å². The minimum atomic E-state index is 0.705. The summed E-state index contributed by atoms with van der Waals surface area (Å²) in [7, 11) is 1.70. The normalized spacial score (nSPS) is 10.3. The molecular weight excluding hydrogens is 236 g/mol. The smallest absolute Gasteiger partial charge is 0.119 e. The van der Waals surface area contributed by atoms with Crippen LogP contribution >= 0.6 is 0 Å². The summed E-state index contributed by atoms with van der Waals surface area (Å²) in [5.74, 6) is 1.84. The SMILES string of the molecule is CCOc1ccc(Cc2ccc(OC)cc2C)cc1. The molecule has 0 heterocycles. The summed E-state index contributed by atoms with van der Waals surface area (Å²) < 4.78 is 10.7. The molecule has 0 bridgehead atoms. The molecule has 0 amide bonds. The zero-order chi connectivity index (χ0) is 13.7. The van der Waals surface area contributed by atoms with Crippen molar-refractivity contribution in [2.45, 2.75) is 20.3 Å². The highest BCUT2D eigenvalue weighted by molar-refractivity contribution is 5.38. The molecule has 2 nitrogen and oxygen atoms in total. The number of aryl methyl sites for hydroxylation is 1. The van der Waals surface area contributed by atoms with Gasteiger partial charge in [-0.3, -0.25) is 0 Å². The molecule has 0 N–H and O–H groups in total. The number of rotatable bonds is 5. The molecule has 0 radical (unpaired) electrons. The second kappa shape index (κ2) is 6.28.